The molecule has 0 radical (unpaired) electrons. The minimum Gasteiger partial charge on any atom is -0.480 e. The number of nitrogens with one attached hydrogen (secondary N) is 1. The number of hydrogen-bond acceptors (Lipinski definition) is 4. The van der Waals surface area contributed by atoms with E-state index in [1.165, 1.54) is 24.3 Å². The fourth-order valence-electron chi connectivity index (χ4n) is 1.45. The molecule has 0 aromatic heterocycles. The molecule has 104 valence electrons. The summed E-state index contributed by atoms with van der Waals surface area (Å²) in [7, 11) is -3.83. The van der Waals surface area contributed by atoms with Crippen LogP contribution >= 0.6 is 0 Å². The summed E-state index contributed by atoms with van der Waals surface area (Å²) in [5.74, 6) is 0.397. The molecule has 7 heteroatoms. The molecule has 0 aliphatic rings. The molecule has 0 saturated carbocycles. The number of carboxylic acids is 1. The van der Waals surface area contributed by atoms with Crippen LogP contribution < -0.4 is 4.72 Å². The van der Waals surface area contributed by atoms with Crippen molar-refractivity contribution in [1.82, 2.24) is 4.72 Å². The van der Waals surface area contributed by atoms with E-state index in [4.69, 9.17) is 16.8 Å². The summed E-state index contributed by atoms with van der Waals surface area (Å²) in [6, 6.07) is 6.54. The SMILES string of the molecule is C#CCC(NS(=O)(=O)Cc1ccc(C#N)cc1)C(=O)O. The van der Waals surface area contributed by atoms with Crippen molar-refractivity contribution in [3.8, 4) is 18.4 Å². The summed E-state index contributed by atoms with van der Waals surface area (Å²) >= 11 is 0. The van der Waals surface area contributed by atoms with E-state index < -0.39 is 22.0 Å². The van der Waals surface area contributed by atoms with E-state index in [1.807, 2.05) is 10.8 Å². The molecule has 0 fully saturated rings. The highest BCUT2D eigenvalue weighted by atomic mass is 32.2. The molecule has 1 aromatic rings. The molecule has 6 nitrogen and oxygen atoms in total. The average molecular weight is 292 g/mol. The third-order valence-corrected chi connectivity index (χ3v) is 3.74. The molecule has 20 heavy (non-hydrogen) atoms. The maximum absolute atomic E-state index is 11.8. The van der Waals surface area contributed by atoms with Gasteiger partial charge in [-0.2, -0.15) is 9.98 Å². The van der Waals surface area contributed by atoms with Crippen LogP contribution in [0.1, 0.15) is 17.5 Å². The molecule has 0 aliphatic heterocycles. The van der Waals surface area contributed by atoms with Crippen LogP contribution in [-0.4, -0.2) is 25.5 Å². The number of aliphatic carboxylic acids is 1. The first-order valence-electron chi connectivity index (χ1n) is 5.53. The lowest BCUT2D eigenvalue weighted by Gasteiger charge is -2.12. The van der Waals surface area contributed by atoms with Gasteiger partial charge in [-0.25, -0.2) is 8.42 Å². The monoisotopic (exact) mass is 292 g/mol. The van der Waals surface area contributed by atoms with Crippen LogP contribution in [0.2, 0.25) is 0 Å². The minimum atomic E-state index is -3.83. The highest BCUT2D eigenvalue weighted by Crippen LogP contribution is 2.08. The van der Waals surface area contributed by atoms with E-state index in [1.54, 1.807) is 0 Å². The van der Waals surface area contributed by atoms with Crippen molar-refractivity contribution in [2.45, 2.75) is 18.2 Å². The van der Waals surface area contributed by atoms with Gasteiger partial charge in [-0.15, -0.1) is 12.3 Å². The van der Waals surface area contributed by atoms with Crippen LogP contribution in [0.4, 0.5) is 0 Å². The first-order chi connectivity index (χ1) is 9.38. The highest BCUT2D eigenvalue weighted by Gasteiger charge is 2.23. The summed E-state index contributed by atoms with van der Waals surface area (Å²) in [6.45, 7) is 0. The number of terminal acetylenes is 1. The number of nitrogens with zero attached hydrogens (tertiary/aromatic N) is 1. The third-order valence-electron chi connectivity index (χ3n) is 2.38. The fourth-order valence-corrected chi connectivity index (χ4v) is 2.78. The molecule has 0 bridgehead atoms. The largest absolute Gasteiger partial charge is 0.480 e. The van der Waals surface area contributed by atoms with E-state index in [9.17, 15) is 13.2 Å². The van der Waals surface area contributed by atoms with E-state index in [-0.39, 0.29) is 12.2 Å². The van der Waals surface area contributed by atoms with Gasteiger partial charge in [0.2, 0.25) is 10.0 Å². The van der Waals surface area contributed by atoms with Gasteiger partial charge < -0.3 is 5.11 Å². The summed E-state index contributed by atoms with van der Waals surface area (Å²) in [6.07, 6.45) is 4.76. The second-order valence-electron chi connectivity index (χ2n) is 3.98. The van der Waals surface area contributed by atoms with Crippen LogP contribution in [0.15, 0.2) is 24.3 Å². The molecule has 0 amide bonds. The predicted octanol–water partition coefficient (Wildman–Crippen LogP) is 0.454. The molecule has 1 rings (SSSR count). The number of carbonyl (C=O) groups is 1. The Morgan fingerprint density at radius 2 is 2.00 bits per heavy atom. The van der Waals surface area contributed by atoms with Crippen molar-refractivity contribution < 1.29 is 18.3 Å². The first-order valence-corrected chi connectivity index (χ1v) is 7.18. The normalized spacial score (nSPS) is 12.1. The summed E-state index contributed by atoms with van der Waals surface area (Å²) in [4.78, 5) is 10.8. The maximum atomic E-state index is 11.8. The summed E-state index contributed by atoms with van der Waals surface area (Å²) in [5.41, 5.74) is 0.858. The van der Waals surface area contributed by atoms with Crippen LogP contribution in [0, 0.1) is 23.7 Å². The zero-order valence-corrected chi connectivity index (χ0v) is 11.2. The van der Waals surface area contributed by atoms with Gasteiger partial charge in [-0.05, 0) is 17.7 Å². The van der Waals surface area contributed by atoms with E-state index in [0.29, 0.717) is 11.1 Å². The summed E-state index contributed by atoms with van der Waals surface area (Å²) in [5, 5.41) is 17.5. The van der Waals surface area contributed by atoms with Gasteiger partial charge in [-0.1, -0.05) is 12.1 Å². The zero-order valence-electron chi connectivity index (χ0n) is 10.4. The number of nitriles is 1. The number of hydrogen-bond donors (Lipinski definition) is 2. The first kappa shape index (κ1) is 15.7. The zero-order chi connectivity index (χ0) is 15.2. The topological polar surface area (TPSA) is 107 Å². The Balaban J connectivity index is 2.81. The van der Waals surface area contributed by atoms with Crippen LogP contribution in [0.25, 0.3) is 0 Å². The van der Waals surface area contributed by atoms with Crippen LogP contribution in [0.3, 0.4) is 0 Å². The lowest BCUT2D eigenvalue weighted by molar-refractivity contribution is -0.138. The lowest BCUT2D eigenvalue weighted by atomic mass is 10.2. The maximum Gasteiger partial charge on any atom is 0.322 e. The Bertz CT molecular complexity index is 666. The molecule has 1 aromatic carbocycles. The van der Waals surface area contributed by atoms with Crippen LogP contribution in [0.5, 0.6) is 0 Å². The average Bonchev–Trinajstić information content (AvgIpc) is 2.38. The molecule has 0 heterocycles. The number of benzene rings is 1. The molecule has 1 unspecified atom stereocenters. The molecule has 0 aliphatic carbocycles. The highest BCUT2D eigenvalue weighted by molar-refractivity contribution is 7.88. The van der Waals surface area contributed by atoms with E-state index >= 15 is 0 Å². The van der Waals surface area contributed by atoms with Gasteiger partial charge in [0.15, 0.2) is 0 Å². The predicted molar refractivity (Wildman–Crippen MR) is 71.8 cm³/mol. The smallest absolute Gasteiger partial charge is 0.322 e. The lowest BCUT2D eigenvalue weighted by Crippen LogP contribution is -2.41. The van der Waals surface area contributed by atoms with Gasteiger partial charge in [0.05, 0.1) is 17.4 Å². The number of rotatable bonds is 6. The van der Waals surface area contributed by atoms with Crippen molar-refractivity contribution in [2.24, 2.45) is 0 Å². The summed E-state index contributed by atoms with van der Waals surface area (Å²) < 4.78 is 25.7. The van der Waals surface area contributed by atoms with Gasteiger partial charge in [0.25, 0.3) is 0 Å². The standard InChI is InChI=1S/C13H12N2O4S/c1-2-3-12(13(16)17)15-20(18,19)9-11-6-4-10(8-14)5-7-11/h1,4-7,12,15H,3,9H2,(H,16,17). The Kier molecular flexibility index (Phi) is 5.27. The van der Waals surface area contributed by atoms with Crippen molar-refractivity contribution in [3.05, 3.63) is 35.4 Å². The van der Waals surface area contributed by atoms with Crippen molar-refractivity contribution in [1.29, 1.82) is 5.26 Å². The van der Waals surface area contributed by atoms with Gasteiger partial charge in [0, 0.05) is 6.42 Å². The fraction of sp³-hybridized carbons (Fsp3) is 0.231. The van der Waals surface area contributed by atoms with Crippen molar-refractivity contribution in [2.75, 3.05) is 0 Å². The molecule has 1 atom stereocenters. The van der Waals surface area contributed by atoms with Crippen LogP contribution in [-0.2, 0) is 20.6 Å². The van der Waals surface area contributed by atoms with Gasteiger partial charge in [-0.3, -0.25) is 4.79 Å². The minimum absolute atomic E-state index is 0.234. The Morgan fingerprint density at radius 1 is 1.40 bits per heavy atom. The van der Waals surface area contributed by atoms with Gasteiger partial charge >= 0.3 is 5.97 Å². The quantitative estimate of drug-likeness (QED) is 0.740. The molecule has 2 N–H and O–H groups in total. The molecule has 0 spiro atoms. The van der Waals surface area contributed by atoms with E-state index in [2.05, 4.69) is 5.92 Å². The second kappa shape index (κ2) is 6.71. The number of sulfonamides is 1. The number of carboxylic acid groups (broad SMARTS) is 1. The Hall–Kier alpha value is -2.35. The van der Waals surface area contributed by atoms with Crippen molar-refractivity contribution in [3.63, 3.8) is 0 Å². The Labute approximate surface area is 117 Å². The molecular weight excluding hydrogens is 280 g/mol. The molecular formula is C13H12N2O4S. The van der Waals surface area contributed by atoms with E-state index in [0.717, 1.165) is 0 Å². The second-order valence-corrected chi connectivity index (χ2v) is 5.74. The van der Waals surface area contributed by atoms with Gasteiger partial charge in [0.1, 0.15) is 6.04 Å². The van der Waals surface area contributed by atoms with Crippen molar-refractivity contribution >= 4 is 16.0 Å². The Morgan fingerprint density at radius 3 is 2.45 bits per heavy atom. The molecule has 0 saturated heterocycles. The third kappa shape index (κ3) is 4.73.